The summed E-state index contributed by atoms with van der Waals surface area (Å²) in [6.45, 7) is 6.25. The average molecular weight is 531 g/mol. The molecule has 6 rings (SSSR count). The number of carbonyl (C=O) groups excluding carboxylic acids is 1. The van der Waals surface area contributed by atoms with Crippen molar-refractivity contribution in [1.82, 2.24) is 14.9 Å². The van der Waals surface area contributed by atoms with Crippen molar-refractivity contribution in [3.63, 3.8) is 0 Å². The van der Waals surface area contributed by atoms with Crippen LogP contribution < -0.4 is 10.6 Å². The molecule has 1 unspecified atom stereocenters. The van der Waals surface area contributed by atoms with Crippen molar-refractivity contribution in [3.05, 3.63) is 102 Å². The van der Waals surface area contributed by atoms with E-state index in [9.17, 15) is 4.79 Å². The fourth-order valence-corrected chi connectivity index (χ4v) is 5.44. The van der Waals surface area contributed by atoms with Gasteiger partial charge in [0, 0.05) is 36.7 Å². The molecule has 0 aliphatic carbocycles. The number of amides is 1. The Balaban J connectivity index is 1.30. The fraction of sp³-hybridized carbons (Fsp3) is 0.273. The van der Waals surface area contributed by atoms with Crippen LogP contribution in [0.25, 0.3) is 11.1 Å². The minimum atomic E-state index is -0.507. The van der Waals surface area contributed by atoms with Crippen LogP contribution >= 0.6 is 0 Å². The van der Waals surface area contributed by atoms with E-state index in [1.165, 1.54) is 31.5 Å². The molecule has 1 fully saturated rings. The molecule has 1 atom stereocenters. The normalized spacial score (nSPS) is 17.1. The van der Waals surface area contributed by atoms with Crippen molar-refractivity contribution < 1.29 is 4.79 Å². The second-order valence-electron chi connectivity index (χ2n) is 10.5. The molecule has 202 valence electrons. The zero-order valence-corrected chi connectivity index (χ0v) is 22.8. The topological polar surface area (TPSA) is 82.5 Å². The highest BCUT2D eigenvalue weighted by molar-refractivity contribution is 6.24. The molecule has 2 N–H and O–H groups in total. The van der Waals surface area contributed by atoms with Crippen molar-refractivity contribution in [2.75, 3.05) is 30.3 Å². The Morgan fingerprint density at radius 2 is 1.73 bits per heavy atom. The van der Waals surface area contributed by atoms with Crippen LogP contribution in [0.15, 0.2) is 90.2 Å². The zero-order valence-electron chi connectivity index (χ0n) is 22.8. The third-order valence-corrected chi connectivity index (χ3v) is 7.54. The van der Waals surface area contributed by atoms with Crippen LogP contribution in [0.4, 0.5) is 17.3 Å². The standard InChI is InChI=1S/C33H34N6O/c1-2-16-34-33-35-20-26(21-36-33)25-12-15-28-29(19-25)38-32(40)30(28)31(24-8-4-3-5-9-24)37-27-13-10-23(11-14-27)22-39-17-6-7-18-39/h3-5,8-15,19-21,30H,2,6-7,16-18,22H2,1H3,(H,38,40)(H,34,35,36). The third-order valence-electron chi connectivity index (χ3n) is 7.54. The summed E-state index contributed by atoms with van der Waals surface area (Å²) < 4.78 is 0. The van der Waals surface area contributed by atoms with E-state index in [0.717, 1.165) is 58.9 Å². The van der Waals surface area contributed by atoms with Crippen molar-refractivity contribution in [1.29, 1.82) is 0 Å². The minimum Gasteiger partial charge on any atom is -0.354 e. The Hall–Kier alpha value is -4.36. The lowest BCUT2D eigenvalue weighted by Gasteiger charge is -2.15. The van der Waals surface area contributed by atoms with E-state index < -0.39 is 5.92 Å². The summed E-state index contributed by atoms with van der Waals surface area (Å²) in [4.78, 5) is 29.9. The molecule has 1 saturated heterocycles. The molecule has 7 heteroatoms. The molecular weight excluding hydrogens is 496 g/mol. The van der Waals surface area contributed by atoms with Crippen molar-refractivity contribution in [2.45, 2.75) is 38.6 Å². The Labute approximate surface area is 235 Å². The van der Waals surface area contributed by atoms with Gasteiger partial charge in [-0.1, -0.05) is 61.5 Å². The van der Waals surface area contributed by atoms with Crippen LogP contribution in [0, 0.1) is 0 Å². The van der Waals surface area contributed by atoms with E-state index in [-0.39, 0.29) is 5.91 Å². The fourth-order valence-electron chi connectivity index (χ4n) is 5.44. The molecule has 4 aromatic rings. The van der Waals surface area contributed by atoms with Gasteiger partial charge in [0.2, 0.25) is 11.9 Å². The van der Waals surface area contributed by atoms with E-state index in [2.05, 4.69) is 56.7 Å². The number of aliphatic imine (C=N–C) groups is 1. The lowest BCUT2D eigenvalue weighted by atomic mass is 9.90. The summed E-state index contributed by atoms with van der Waals surface area (Å²) in [7, 11) is 0. The van der Waals surface area contributed by atoms with Gasteiger partial charge >= 0.3 is 0 Å². The van der Waals surface area contributed by atoms with Gasteiger partial charge in [-0.15, -0.1) is 0 Å². The monoisotopic (exact) mass is 530 g/mol. The van der Waals surface area contributed by atoms with Crippen LogP contribution in [0.2, 0.25) is 0 Å². The van der Waals surface area contributed by atoms with Gasteiger partial charge in [0.05, 0.1) is 11.4 Å². The molecule has 40 heavy (non-hydrogen) atoms. The first kappa shape index (κ1) is 25.9. The summed E-state index contributed by atoms with van der Waals surface area (Å²) in [6.07, 6.45) is 7.20. The summed E-state index contributed by atoms with van der Waals surface area (Å²) in [5.41, 5.74) is 7.37. The number of nitrogens with one attached hydrogen (secondary N) is 2. The average Bonchev–Trinajstić information content (AvgIpc) is 3.63. The number of hydrogen-bond acceptors (Lipinski definition) is 6. The van der Waals surface area contributed by atoms with E-state index in [1.807, 2.05) is 60.9 Å². The highest BCUT2D eigenvalue weighted by Crippen LogP contribution is 2.38. The van der Waals surface area contributed by atoms with Crippen LogP contribution in [0.3, 0.4) is 0 Å². The van der Waals surface area contributed by atoms with Gasteiger partial charge < -0.3 is 10.6 Å². The first-order valence-corrected chi connectivity index (χ1v) is 14.1. The second-order valence-corrected chi connectivity index (χ2v) is 10.5. The van der Waals surface area contributed by atoms with Gasteiger partial charge in [-0.25, -0.2) is 9.97 Å². The van der Waals surface area contributed by atoms with Crippen LogP contribution in [-0.4, -0.2) is 46.1 Å². The quantitative estimate of drug-likeness (QED) is 0.244. The first-order chi connectivity index (χ1) is 19.7. The molecule has 0 radical (unpaired) electrons. The summed E-state index contributed by atoms with van der Waals surface area (Å²) in [5, 5.41) is 6.30. The predicted molar refractivity (Wildman–Crippen MR) is 161 cm³/mol. The molecule has 1 aromatic heterocycles. The third kappa shape index (κ3) is 5.65. The number of anilines is 2. The molecule has 1 amide bonds. The number of benzene rings is 3. The summed E-state index contributed by atoms with van der Waals surface area (Å²) in [6, 6.07) is 24.5. The SMILES string of the molecule is CCCNc1ncc(-c2ccc3c(c2)NC(=O)C3C(=Nc2ccc(CN3CCCC3)cc2)c2ccccc2)cn1. The molecule has 0 bridgehead atoms. The molecule has 0 spiro atoms. The number of fused-ring (bicyclic) bond motifs is 1. The Morgan fingerprint density at radius 3 is 2.45 bits per heavy atom. The molecule has 3 heterocycles. The zero-order chi connectivity index (χ0) is 27.3. The van der Waals surface area contributed by atoms with E-state index in [4.69, 9.17) is 4.99 Å². The Morgan fingerprint density at radius 1 is 0.975 bits per heavy atom. The molecular formula is C33H34N6O. The maximum absolute atomic E-state index is 13.4. The number of hydrogen-bond donors (Lipinski definition) is 2. The number of likely N-dealkylation sites (tertiary alicyclic amines) is 1. The predicted octanol–water partition coefficient (Wildman–Crippen LogP) is 6.42. The molecule has 2 aliphatic rings. The summed E-state index contributed by atoms with van der Waals surface area (Å²) >= 11 is 0. The van der Waals surface area contributed by atoms with Crippen LogP contribution in [-0.2, 0) is 11.3 Å². The number of rotatable bonds is 9. The summed E-state index contributed by atoms with van der Waals surface area (Å²) in [5.74, 6) is 0.0382. The number of nitrogens with zero attached hydrogens (tertiary/aromatic N) is 4. The van der Waals surface area contributed by atoms with Crippen molar-refractivity contribution >= 4 is 28.9 Å². The minimum absolute atomic E-state index is 0.0734. The first-order valence-electron chi connectivity index (χ1n) is 14.1. The maximum Gasteiger partial charge on any atom is 0.238 e. The van der Waals surface area contributed by atoms with E-state index in [0.29, 0.717) is 5.95 Å². The molecule has 7 nitrogen and oxygen atoms in total. The van der Waals surface area contributed by atoms with Gasteiger partial charge in [0.1, 0.15) is 5.92 Å². The largest absolute Gasteiger partial charge is 0.354 e. The highest BCUT2D eigenvalue weighted by Gasteiger charge is 2.35. The number of aromatic nitrogens is 2. The van der Waals surface area contributed by atoms with Crippen LogP contribution in [0.5, 0.6) is 0 Å². The number of carbonyl (C=O) groups is 1. The van der Waals surface area contributed by atoms with Gasteiger partial charge in [-0.3, -0.25) is 14.7 Å². The molecule has 3 aromatic carbocycles. The molecule has 0 saturated carbocycles. The van der Waals surface area contributed by atoms with Gasteiger partial charge in [0.25, 0.3) is 0 Å². The second kappa shape index (κ2) is 11.8. The maximum atomic E-state index is 13.4. The van der Waals surface area contributed by atoms with Gasteiger partial charge in [-0.05, 0) is 72.8 Å². The van der Waals surface area contributed by atoms with E-state index >= 15 is 0 Å². The van der Waals surface area contributed by atoms with Crippen molar-refractivity contribution in [3.8, 4) is 11.1 Å². The van der Waals surface area contributed by atoms with Crippen LogP contribution in [0.1, 0.15) is 48.8 Å². The Kier molecular flexibility index (Phi) is 7.64. The van der Waals surface area contributed by atoms with E-state index in [1.54, 1.807) is 0 Å². The lowest BCUT2D eigenvalue weighted by molar-refractivity contribution is -0.115. The highest BCUT2D eigenvalue weighted by atomic mass is 16.2. The van der Waals surface area contributed by atoms with Crippen molar-refractivity contribution in [2.24, 2.45) is 4.99 Å². The molecule has 2 aliphatic heterocycles. The van der Waals surface area contributed by atoms with Gasteiger partial charge in [-0.2, -0.15) is 0 Å². The Bertz CT molecular complexity index is 1490. The smallest absolute Gasteiger partial charge is 0.238 e. The van der Waals surface area contributed by atoms with Gasteiger partial charge in [0.15, 0.2) is 0 Å². The lowest BCUT2D eigenvalue weighted by Crippen LogP contribution is -2.22.